The predicted octanol–water partition coefficient (Wildman–Crippen LogP) is 5.05. The molecule has 0 spiro atoms. The number of aromatic amines is 1. The molecule has 2 aromatic heterocycles. The van der Waals surface area contributed by atoms with Crippen molar-refractivity contribution in [2.75, 3.05) is 31.1 Å². The van der Waals surface area contributed by atoms with Crippen molar-refractivity contribution in [2.45, 2.75) is 6.54 Å². The van der Waals surface area contributed by atoms with E-state index in [4.69, 9.17) is 0 Å². The molecule has 5 aromatic rings. The van der Waals surface area contributed by atoms with Crippen molar-refractivity contribution >= 4 is 22.7 Å². The molecule has 6 rings (SSSR count). The van der Waals surface area contributed by atoms with Gasteiger partial charge in [0, 0.05) is 73.5 Å². The zero-order valence-corrected chi connectivity index (χ0v) is 21.3. The van der Waals surface area contributed by atoms with Crippen LogP contribution in [0.1, 0.15) is 27.0 Å². The van der Waals surface area contributed by atoms with E-state index in [0.29, 0.717) is 11.1 Å². The van der Waals surface area contributed by atoms with Crippen LogP contribution in [0.15, 0.2) is 91.5 Å². The van der Waals surface area contributed by atoms with Crippen LogP contribution >= 0.6 is 0 Å². The van der Waals surface area contributed by atoms with Gasteiger partial charge in [-0.3, -0.25) is 9.88 Å². The van der Waals surface area contributed by atoms with Gasteiger partial charge in [0.2, 0.25) is 0 Å². The maximum absolute atomic E-state index is 12.1. The van der Waals surface area contributed by atoms with Gasteiger partial charge in [-0.25, -0.2) is 9.78 Å². The maximum Gasteiger partial charge on any atom is 0.336 e. The second kappa shape index (κ2) is 10.8. The number of aromatic carboxylic acids is 1. The SMILES string of the molecule is O=C(O)c1cccc(C#Cc2ccc(CN3CCN(c4cnccn4)CC3)cc2)c1-c1ccc2cc[nH]c2c1. The van der Waals surface area contributed by atoms with Crippen molar-refractivity contribution in [3.05, 3.63) is 114 Å². The first-order valence-electron chi connectivity index (χ1n) is 12.9. The largest absolute Gasteiger partial charge is 0.478 e. The van der Waals surface area contributed by atoms with Gasteiger partial charge in [0.25, 0.3) is 0 Å². The van der Waals surface area contributed by atoms with Gasteiger partial charge in [0.15, 0.2) is 0 Å². The molecule has 0 radical (unpaired) electrons. The Morgan fingerprint density at radius 1 is 0.949 bits per heavy atom. The Morgan fingerprint density at radius 2 is 1.79 bits per heavy atom. The molecule has 0 saturated carbocycles. The lowest BCUT2D eigenvalue weighted by Crippen LogP contribution is -2.46. The average molecular weight is 514 g/mol. The molecule has 1 fully saturated rings. The van der Waals surface area contributed by atoms with E-state index < -0.39 is 5.97 Å². The van der Waals surface area contributed by atoms with E-state index >= 15 is 0 Å². The van der Waals surface area contributed by atoms with Crippen molar-refractivity contribution in [1.29, 1.82) is 0 Å². The van der Waals surface area contributed by atoms with Gasteiger partial charge in [-0.1, -0.05) is 42.2 Å². The van der Waals surface area contributed by atoms with E-state index in [9.17, 15) is 9.90 Å². The summed E-state index contributed by atoms with van der Waals surface area (Å²) in [4.78, 5) is 28.6. The summed E-state index contributed by atoms with van der Waals surface area (Å²) in [5.41, 5.74) is 5.46. The quantitative estimate of drug-likeness (QED) is 0.320. The van der Waals surface area contributed by atoms with Gasteiger partial charge < -0.3 is 15.0 Å². The highest BCUT2D eigenvalue weighted by Crippen LogP contribution is 2.30. The number of carbonyl (C=O) groups is 1. The third-order valence-corrected chi connectivity index (χ3v) is 7.09. The number of nitrogens with zero attached hydrogens (tertiary/aromatic N) is 4. The number of carboxylic acid groups (broad SMARTS) is 1. The molecule has 0 atom stereocenters. The van der Waals surface area contributed by atoms with Crippen LogP contribution in [0.3, 0.4) is 0 Å². The summed E-state index contributed by atoms with van der Waals surface area (Å²) in [7, 11) is 0. The molecule has 0 amide bonds. The molecule has 0 unspecified atom stereocenters. The number of aromatic nitrogens is 3. The summed E-state index contributed by atoms with van der Waals surface area (Å²) in [5, 5.41) is 11.0. The van der Waals surface area contributed by atoms with E-state index in [2.05, 4.69) is 48.7 Å². The molecule has 39 heavy (non-hydrogen) atoms. The Bertz CT molecular complexity index is 1680. The molecule has 192 valence electrons. The molecule has 7 heteroatoms. The number of rotatable bonds is 5. The first kappa shape index (κ1) is 24.4. The molecule has 1 saturated heterocycles. The Balaban J connectivity index is 1.18. The van der Waals surface area contributed by atoms with E-state index in [1.165, 1.54) is 5.56 Å². The molecule has 1 aliphatic rings. The van der Waals surface area contributed by atoms with Gasteiger partial charge in [0.05, 0.1) is 11.8 Å². The Labute approximate surface area is 226 Å². The molecular weight excluding hydrogens is 486 g/mol. The van der Waals surface area contributed by atoms with E-state index in [-0.39, 0.29) is 5.56 Å². The van der Waals surface area contributed by atoms with Crippen molar-refractivity contribution in [3.63, 3.8) is 0 Å². The van der Waals surface area contributed by atoms with Gasteiger partial charge >= 0.3 is 5.97 Å². The van der Waals surface area contributed by atoms with Gasteiger partial charge in [-0.2, -0.15) is 0 Å². The number of hydrogen-bond acceptors (Lipinski definition) is 5. The molecule has 0 aliphatic carbocycles. The highest BCUT2D eigenvalue weighted by atomic mass is 16.4. The lowest BCUT2D eigenvalue weighted by Gasteiger charge is -2.35. The molecule has 1 aliphatic heterocycles. The Kier molecular flexibility index (Phi) is 6.77. The standard InChI is InChI=1S/C32H27N5O2/c38-32(39)28-3-1-2-26(31(28)27-11-10-25-12-13-34-29(25)20-27)9-8-23-4-6-24(7-5-23)22-36-16-18-37(19-17-36)30-21-33-14-15-35-30/h1-7,10-15,20-21,34H,16-19,22H2,(H,38,39). The number of carboxylic acids is 1. The molecule has 3 heterocycles. The minimum Gasteiger partial charge on any atom is -0.478 e. The smallest absolute Gasteiger partial charge is 0.336 e. The maximum atomic E-state index is 12.1. The van der Waals surface area contributed by atoms with Crippen LogP contribution in [0.25, 0.3) is 22.0 Å². The minimum absolute atomic E-state index is 0.238. The van der Waals surface area contributed by atoms with E-state index in [1.54, 1.807) is 24.5 Å². The zero-order chi connectivity index (χ0) is 26.6. The second-order valence-corrected chi connectivity index (χ2v) is 9.59. The summed E-state index contributed by atoms with van der Waals surface area (Å²) in [6.07, 6.45) is 7.13. The molecule has 7 nitrogen and oxygen atoms in total. The summed E-state index contributed by atoms with van der Waals surface area (Å²) >= 11 is 0. The van der Waals surface area contributed by atoms with E-state index in [0.717, 1.165) is 60.6 Å². The van der Waals surface area contributed by atoms with Crippen LogP contribution in [0.2, 0.25) is 0 Å². The van der Waals surface area contributed by atoms with Gasteiger partial charge in [0.1, 0.15) is 5.82 Å². The van der Waals surface area contributed by atoms with Crippen molar-refractivity contribution in [3.8, 4) is 23.0 Å². The summed E-state index contributed by atoms with van der Waals surface area (Å²) < 4.78 is 0. The van der Waals surface area contributed by atoms with E-state index in [1.807, 2.05) is 54.9 Å². The third-order valence-electron chi connectivity index (χ3n) is 7.09. The van der Waals surface area contributed by atoms with Gasteiger partial charge in [-0.05, 0) is 52.9 Å². The van der Waals surface area contributed by atoms with Crippen LogP contribution in [0.4, 0.5) is 5.82 Å². The topological polar surface area (TPSA) is 85.3 Å². The summed E-state index contributed by atoms with van der Waals surface area (Å²) in [5.74, 6) is 6.44. The summed E-state index contributed by atoms with van der Waals surface area (Å²) in [6.45, 7) is 4.67. The molecule has 0 bridgehead atoms. The normalized spacial score (nSPS) is 13.7. The van der Waals surface area contributed by atoms with Crippen molar-refractivity contribution in [2.24, 2.45) is 0 Å². The van der Waals surface area contributed by atoms with Crippen molar-refractivity contribution in [1.82, 2.24) is 19.9 Å². The molecular formula is C32H27N5O2. The highest BCUT2D eigenvalue weighted by Gasteiger charge is 2.18. The number of fused-ring (bicyclic) bond motifs is 1. The predicted molar refractivity (Wildman–Crippen MR) is 153 cm³/mol. The minimum atomic E-state index is -0.970. The second-order valence-electron chi connectivity index (χ2n) is 9.59. The fraction of sp³-hybridized carbons (Fsp3) is 0.156. The number of anilines is 1. The first-order chi connectivity index (χ1) is 19.1. The first-order valence-corrected chi connectivity index (χ1v) is 12.9. The number of hydrogen-bond donors (Lipinski definition) is 2. The lowest BCUT2D eigenvalue weighted by molar-refractivity contribution is 0.0697. The number of piperazine rings is 1. The summed E-state index contributed by atoms with van der Waals surface area (Å²) in [6, 6.07) is 21.5. The highest BCUT2D eigenvalue weighted by molar-refractivity contribution is 5.99. The van der Waals surface area contributed by atoms with Crippen LogP contribution in [-0.4, -0.2) is 57.1 Å². The number of benzene rings is 3. The average Bonchev–Trinajstić information content (AvgIpc) is 3.45. The fourth-order valence-corrected chi connectivity index (χ4v) is 5.03. The molecule has 2 N–H and O–H groups in total. The van der Waals surface area contributed by atoms with Crippen LogP contribution in [0.5, 0.6) is 0 Å². The Hall–Kier alpha value is -4.93. The van der Waals surface area contributed by atoms with Crippen LogP contribution < -0.4 is 4.90 Å². The fourth-order valence-electron chi connectivity index (χ4n) is 5.03. The van der Waals surface area contributed by atoms with Crippen LogP contribution in [0, 0.1) is 11.8 Å². The zero-order valence-electron chi connectivity index (χ0n) is 21.3. The van der Waals surface area contributed by atoms with Crippen LogP contribution in [-0.2, 0) is 6.54 Å². The monoisotopic (exact) mass is 513 g/mol. The lowest BCUT2D eigenvalue weighted by atomic mass is 9.93. The van der Waals surface area contributed by atoms with Gasteiger partial charge in [-0.15, -0.1) is 0 Å². The third kappa shape index (κ3) is 5.37. The molecule has 3 aromatic carbocycles. The number of H-pyrrole nitrogens is 1. The number of nitrogens with one attached hydrogen (secondary N) is 1. The van der Waals surface area contributed by atoms with Crippen molar-refractivity contribution < 1.29 is 9.90 Å². The Morgan fingerprint density at radius 3 is 2.56 bits per heavy atom.